The lowest BCUT2D eigenvalue weighted by molar-refractivity contribution is -0.105. The molecule has 1 amide bonds. The number of amides is 1. The quantitative estimate of drug-likeness (QED) is 0.629. The number of carbonyl (C=O) groups is 1. The first-order valence-corrected chi connectivity index (χ1v) is 3.87. The van der Waals surface area contributed by atoms with E-state index in [9.17, 15) is 4.79 Å². The van der Waals surface area contributed by atoms with Crippen LogP contribution in [0.3, 0.4) is 0 Å². The number of ether oxygens (including phenoxy) is 3. The van der Waals surface area contributed by atoms with Gasteiger partial charge < -0.3 is 19.5 Å². The van der Waals surface area contributed by atoms with Crippen LogP contribution in [0.4, 0.5) is 4.79 Å². The molecule has 0 spiro atoms. The van der Waals surface area contributed by atoms with Gasteiger partial charge in [-0.1, -0.05) is 0 Å². The zero-order valence-corrected chi connectivity index (χ0v) is 7.04. The summed E-state index contributed by atoms with van der Waals surface area (Å²) < 4.78 is 15.1. The molecule has 0 aromatic carbocycles. The van der Waals surface area contributed by atoms with Crippen molar-refractivity contribution in [2.24, 2.45) is 0 Å². The fraction of sp³-hybridized carbons (Fsp3) is 0.857. The summed E-state index contributed by atoms with van der Waals surface area (Å²) in [4.78, 5) is 10.6. The minimum absolute atomic E-state index is 0.115. The van der Waals surface area contributed by atoms with Crippen LogP contribution in [-0.4, -0.2) is 45.7 Å². The summed E-state index contributed by atoms with van der Waals surface area (Å²) in [5.41, 5.74) is 0. The summed E-state index contributed by atoms with van der Waals surface area (Å²) in [5.74, 6) is 0. The Balaban J connectivity index is 2.09. The second kappa shape index (κ2) is 4.95. The first kappa shape index (κ1) is 9.28. The van der Waals surface area contributed by atoms with Gasteiger partial charge in [0.05, 0.1) is 19.8 Å². The molecule has 12 heavy (non-hydrogen) atoms. The molecule has 1 rings (SSSR count). The van der Waals surface area contributed by atoms with Crippen molar-refractivity contribution in [3.05, 3.63) is 0 Å². The zero-order valence-electron chi connectivity index (χ0n) is 7.04. The van der Waals surface area contributed by atoms with Crippen LogP contribution in [0.2, 0.25) is 0 Å². The maximum atomic E-state index is 10.6. The molecule has 70 valence electrons. The van der Waals surface area contributed by atoms with Gasteiger partial charge in [0.15, 0.2) is 0 Å². The molecular weight excluding hydrogens is 162 g/mol. The fourth-order valence-electron chi connectivity index (χ4n) is 0.874. The van der Waals surface area contributed by atoms with Gasteiger partial charge in [-0.3, -0.25) is 0 Å². The van der Waals surface area contributed by atoms with E-state index in [4.69, 9.17) is 14.2 Å². The molecule has 0 radical (unpaired) electrons. The van der Waals surface area contributed by atoms with Gasteiger partial charge in [0.1, 0.15) is 12.7 Å². The second-order valence-electron chi connectivity index (χ2n) is 2.42. The summed E-state index contributed by atoms with van der Waals surface area (Å²) in [6, 6.07) is 0. The van der Waals surface area contributed by atoms with Crippen LogP contribution < -0.4 is 5.32 Å². The highest BCUT2D eigenvalue weighted by Crippen LogP contribution is 2.00. The van der Waals surface area contributed by atoms with Crippen molar-refractivity contribution in [2.45, 2.75) is 6.10 Å². The first-order chi connectivity index (χ1) is 5.83. The first-order valence-electron chi connectivity index (χ1n) is 3.87. The van der Waals surface area contributed by atoms with Crippen molar-refractivity contribution >= 4 is 6.09 Å². The van der Waals surface area contributed by atoms with Gasteiger partial charge >= 0.3 is 6.09 Å². The molecule has 1 atom stereocenters. The highest BCUT2D eigenvalue weighted by molar-refractivity contribution is 5.66. The van der Waals surface area contributed by atoms with E-state index in [2.05, 4.69) is 5.32 Å². The van der Waals surface area contributed by atoms with E-state index in [1.807, 2.05) is 0 Å². The number of carbonyl (C=O) groups excluding carboxylic acids is 1. The van der Waals surface area contributed by atoms with E-state index < -0.39 is 6.09 Å². The van der Waals surface area contributed by atoms with Gasteiger partial charge in [0.2, 0.25) is 0 Å². The molecule has 0 unspecified atom stereocenters. The van der Waals surface area contributed by atoms with Crippen molar-refractivity contribution < 1.29 is 19.0 Å². The number of hydrogen-bond donors (Lipinski definition) is 1. The lowest BCUT2D eigenvalue weighted by Crippen LogP contribution is -2.34. The molecule has 0 aliphatic carbocycles. The van der Waals surface area contributed by atoms with Crippen molar-refractivity contribution in [1.29, 1.82) is 0 Å². The fourth-order valence-corrected chi connectivity index (χ4v) is 0.874. The topological polar surface area (TPSA) is 56.8 Å². The van der Waals surface area contributed by atoms with E-state index in [1.165, 1.54) is 7.05 Å². The molecule has 1 aliphatic heterocycles. The maximum Gasteiger partial charge on any atom is 0.406 e. The summed E-state index contributed by atoms with van der Waals surface area (Å²) in [6.07, 6.45) is -0.555. The molecule has 5 heteroatoms. The highest BCUT2D eigenvalue weighted by Gasteiger charge is 2.15. The number of hydrogen-bond acceptors (Lipinski definition) is 4. The zero-order chi connectivity index (χ0) is 8.81. The number of rotatable bonds is 2. The van der Waals surface area contributed by atoms with E-state index in [0.717, 1.165) is 0 Å². The minimum atomic E-state index is -0.441. The van der Waals surface area contributed by atoms with Crippen LogP contribution in [0.1, 0.15) is 0 Å². The predicted molar refractivity (Wildman–Crippen MR) is 41.0 cm³/mol. The van der Waals surface area contributed by atoms with Crippen LogP contribution in [0.25, 0.3) is 0 Å². The van der Waals surface area contributed by atoms with Crippen molar-refractivity contribution in [2.75, 3.05) is 33.5 Å². The lowest BCUT2D eigenvalue weighted by atomic mass is 10.4. The molecule has 1 fully saturated rings. The monoisotopic (exact) mass is 175 g/mol. The molecule has 0 aromatic rings. The van der Waals surface area contributed by atoms with Gasteiger partial charge in [-0.15, -0.1) is 0 Å². The highest BCUT2D eigenvalue weighted by atomic mass is 16.6. The molecule has 0 bridgehead atoms. The Labute approximate surface area is 71.0 Å². The van der Waals surface area contributed by atoms with Crippen molar-refractivity contribution in [3.63, 3.8) is 0 Å². The molecule has 5 nitrogen and oxygen atoms in total. The number of alkyl carbamates (subject to hydrolysis) is 1. The standard InChI is InChI=1S/C7H13NO4/c1-8-7(9)12-5-6-4-10-2-3-11-6/h6H,2-5H2,1H3,(H,8,9)/t6-/m1/s1. The van der Waals surface area contributed by atoms with E-state index in [1.54, 1.807) is 0 Å². The van der Waals surface area contributed by atoms with Crippen LogP contribution in [-0.2, 0) is 14.2 Å². The SMILES string of the molecule is CNC(=O)OC[C@H]1COCCO1. The molecule has 0 saturated carbocycles. The second-order valence-corrected chi connectivity index (χ2v) is 2.42. The third kappa shape index (κ3) is 3.06. The summed E-state index contributed by atoms with van der Waals surface area (Å²) in [7, 11) is 1.51. The van der Waals surface area contributed by atoms with Crippen LogP contribution in [0, 0.1) is 0 Å². The molecule has 1 saturated heterocycles. The Morgan fingerprint density at radius 2 is 2.50 bits per heavy atom. The van der Waals surface area contributed by atoms with Gasteiger partial charge in [-0.2, -0.15) is 0 Å². The Morgan fingerprint density at radius 1 is 1.67 bits per heavy atom. The van der Waals surface area contributed by atoms with E-state index >= 15 is 0 Å². The largest absolute Gasteiger partial charge is 0.447 e. The summed E-state index contributed by atoms with van der Waals surface area (Å²) in [5, 5.41) is 2.35. The van der Waals surface area contributed by atoms with E-state index in [0.29, 0.717) is 19.8 Å². The average Bonchev–Trinajstić information content (AvgIpc) is 2.16. The third-order valence-corrected chi connectivity index (χ3v) is 1.49. The molecule has 1 heterocycles. The van der Waals surface area contributed by atoms with Crippen LogP contribution in [0.15, 0.2) is 0 Å². The molecular formula is C7H13NO4. The normalized spacial score (nSPS) is 23.2. The van der Waals surface area contributed by atoms with Gasteiger partial charge in [0.25, 0.3) is 0 Å². The Morgan fingerprint density at radius 3 is 3.08 bits per heavy atom. The smallest absolute Gasteiger partial charge is 0.406 e. The predicted octanol–water partition coefficient (Wildman–Crippen LogP) is -0.242. The minimum Gasteiger partial charge on any atom is -0.447 e. The maximum absolute atomic E-state index is 10.6. The molecule has 1 aliphatic rings. The van der Waals surface area contributed by atoms with Crippen LogP contribution >= 0.6 is 0 Å². The van der Waals surface area contributed by atoms with Crippen LogP contribution in [0.5, 0.6) is 0 Å². The average molecular weight is 175 g/mol. The van der Waals surface area contributed by atoms with Crippen molar-refractivity contribution in [3.8, 4) is 0 Å². The molecule has 0 aromatic heterocycles. The van der Waals surface area contributed by atoms with Gasteiger partial charge in [-0.05, 0) is 0 Å². The Bertz CT molecular complexity index is 144. The lowest BCUT2D eigenvalue weighted by Gasteiger charge is -2.22. The summed E-state index contributed by atoms with van der Waals surface area (Å²) in [6.45, 7) is 1.94. The molecule has 1 N–H and O–H groups in total. The van der Waals surface area contributed by atoms with Gasteiger partial charge in [0, 0.05) is 7.05 Å². The van der Waals surface area contributed by atoms with E-state index in [-0.39, 0.29) is 12.7 Å². The van der Waals surface area contributed by atoms with Gasteiger partial charge in [-0.25, -0.2) is 4.79 Å². The Hall–Kier alpha value is -0.810. The number of nitrogens with one attached hydrogen (secondary N) is 1. The van der Waals surface area contributed by atoms with Crippen molar-refractivity contribution in [1.82, 2.24) is 5.32 Å². The third-order valence-electron chi connectivity index (χ3n) is 1.49. The Kier molecular flexibility index (Phi) is 3.83. The summed E-state index contributed by atoms with van der Waals surface area (Å²) >= 11 is 0.